The first-order valence-corrected chi connectivity index (χ1v) is 6.88. The summed E-state index contributed by atoms with van der Waals surface area (Å²) in [6.07, 6.45) is 5.59. The highest BCUT2D eigenvalue weighted by Crippen LogP contribution is 2.31. The van der Waals surface area contributed by atoms with E-state index in [9.17, 15) is 4.79 Å². The fourth-order valence-electron chi connectivity index (χ4n) is 3.49. The van der Waals surface area contributed by atoms with E-state index >= 15 is 0 Å². The van der Waals surface area contributed by atoms with Gasteiger partial charge < -0.3 is 0 Å². The van der Waals surface area contributed by atoms with Crippen molar-refractivity contribution in [3.05, 3.63) is 0 Å². The molecular formula is C14H25NO. The average molecular weight is 223 g/mol. The Hall–Kier alpha value is -0.370. The van der Waals surface area contributed by atoms with E-state index in [0.29, 0.717) is 11.8 Å². The van der Waals surface area contributed by atoms with Crippen LogP contribution in [0.3, 0.4) is 0 Å². The summed E-state index contributed by atoms with van der Waals surface area (Å²) in [6.45, 7) is 8.09. The Morgan fingerprint density at radius 3 is 2.62 bits per heavy atom. The van der Waals surface area contributed by atoms with Crippen LogP contribution < -0.4 is 0 Å². The summed E-state index contributed by atoms with van der Waals surface area (Å²) in [7, 11) is 0. The summed E-state index contributed by atoms with van der Waals surface area (Å²) >= 11 is 0. The predicted octanol–water partition coefficient (Wildman–Crippen LogP) is 2.86. The molecule has 1 aliphatic carbocycles. The Balaban J connectivity index is 2.08. The van der Waals surface area contributed by atoms with Gasteiger partial charge in [0, 0.05) is 19.0 Å². The van der Waals surface area contributed by atoms with Crippen LogP contribution in [0.25, 0.3) is 0 Å². The fraction of sp³-hybridized carbons (Fsp3) is 0.929. The predicted molar refractivity (Wildman–Crippen MR) is 66.4 cm³/mol. The van der Waals surface area contributed by atoms with E-state index in [4.69, 9.17) is 0 Å². The molecule has 0 aromatic rings. The molecule has 1 saturated carbocycles. The summed E-state index contributed by atoms with van der Waals surface area (Å²) in [6, 6.07) is 0.831. The first-order valence-electron chi connectivity index (χ1n) is 6.88. The van der Waals surface area contributed by atoms with Crippen LogP contribution in [-0.2, 0) is 4.79 Å². The topological polar surface area (TPSA) is 20.3 Å². The zero-order valence-electron chi connectivity index (χ0n) is 10.9. The van der Waals surface area contributed by atoms with E-state index < -0.39 is 0 Å². The minimum absolute atomic E-state index is 0.244. The third-order valence-electron chi connectivity index (χ3n) is 4.57. The molecule has 1 heterocycles. The standard InChI is InChI=1S/C14H25NO/c1-10-8-11(2)12(3)15(9-10)13-6-4-5-7-14(13)16/h10-13H,4-9H2,1-3H3. The van der Waals surface area contributed by atoms with Gasteiger partial charge in [0.2, 0.25) is 0 Å². The number of Topliss-reactive ketones (excluding diaryl/α,β-unsaturated/α-hetero) is 1. The van der Waals surface area contributed by atoms with Crippen molar-refractivity contribution in [3.63, 3.8) is 0 Å². The lowest BCUT2D eigenvalue weighted by molar-refractivity contribution is -0.129. The van der Waals surface area contributed by atoms with Gasteiger partial charge in [-0.05, 0) is 38.0 Å². The summed E-state index contributed by atoms with van der Waals surface area (Å²) in [5.74, 6) is 1.99. The molecule has 2 rings (SSSR count). The molecule has 4 unspecified atom stereocenters. The number of hydrogen-bond acceptors (Lipinski definition) is 2. The fourth-order valence-corrected chi connectivity index (χ4v) is 3.49. The van der Waals surface area contributed by atoms with Gasteiger partial charge in [-0.15, -0.1) is 0 Å². The number of piperidine rings is 1. The Kier molecular flexibility index (Phi) is 3.68. The minimum Gasteiger partial charge on any atom is -0.298 e. The molecule has 0 aromatic carbocycles. The van der Waals surface area contributed by atoms with Crippen LogP contribution in [0.5, 0.6) is 0 Å². The number of carbonyl (C=O) groups excluding carboxylic acids is 1. The smallest absolute Gasteiger partial charge is 0.149 e. The van der Waals surface area contributed by atoms with Crippen LogP contribution in [0.1, 0.15) is 52.9 Å². The molecule has 92 valence electrons. The van der Waals surface area contributed by atoms with Crippen LogP contribution in [-0.4, -0.2) is 29.3 Å². The normalized spacial score (nSPS) is 42.3. The van der Waals surface area contributed by atoms with E-state index in [0.717, 1.165) is 37.6 Å². The SMILES string of the molecule is CC1CC(C)C(C)N(C2CCCCC2=O)C1. The number of hydrogen-bond donors (Lipinski definition) is 0. The zero-order valence-corrected chi connectivity index (χ0v) is 10.9. The molecule has 2 heteroatoms. The number of nitrogens with zero attached hydrogens (tertiary/aromatic N) is 1. The largest absolute Gasteiger partial charge is 0.298 e. The van der Waals surface area contributed by atoms with Gasteiger partial charge >= 0.3 is 0 Å². The highest BCUT2D eigenvalue weighted by Gasteiger charge is 2.36. The lowest BCUT2D eigenvalue weighted by Gasteiger charge is -2.45. The van der Waals surface area contributed by atoms with Crippen molar-refractivity contribution in [1.82, 2.24) is 4.90 Å². The molecule has 2 aliphatic rings. The Bertz CT molecular complexity index is 263. The third-order valence-corrected chi connectivity index (χ3v) is 4.57. The van der Waals surface area contributed by atoms with Crippen LogP contribution in [0.2, 0.25) is 0 Å². The maximum absolute atomic E-state index is 12.0. The minimum atomic E-state index is 0.244. The van der Waals surface area contributed by atoms with E-state index in [1.54, 1.807) is 0 Å². The van der Waals surface area contributed by atoms with Gasteiger partial charge in [-0.1, -0.05) is 20.3 Å². The highest BCUT2D eigenvalue weighted by atomic mass is 16.1. The second-order valence-corrected chi connectivity index (χ2v) is 5.98. The van der Waals surface area contributed by atoms with E-state index in [-0.39, 0.29) is 6.04 Å². The molecule has 0 radical (unpaired) electrons. The van der Waals surface area contributed by atoms with Crippen molar-refractivity contribution in [2.45, 2.75) is 65.0 Å². The molecule has 0 N–H and O–H groups in total. The van der Waals surface area contributed by atoms with Crippen LogP contribution in [0.4, 0.5) is 0 Å². The lowest BCUT2D eigenvalue weighted by atomic mass is 9.82. The summed E-state index contributed by atoms with van der Waals surface area (Å²) in [4.78, 5) is 14.5. The molecule has 1 saturated heterocycles. The second kappa shape index (κ2) is 4.87. The molecule has 2 fully saturated rings. The van der Waals surface area contributed by atoms with Crippen LogP contribution in [0.15, 0.2) is 0 Å². The maximum Gasteiger partial charge on any atom is 0.149 e. The number of likely N-dealkylation sites (tertiary alicyclic amines) is 1. The maximum atomic E-state index is 12.0. The van der Waals surface area contributed by atoms with Gasteiger partial charge in [-0.2, -0.15) is 0 Å². The molecule has 2 nitrogen and oxygen atoms in total. The molecular weight excluding hydrogens is 198 g/mol. The highest BCUT2D eigenvalue weighted by molar-refractivity contribution is 5.84. The first-order chi connectivity index (χ1) is 7.59. The third kappa shape index (κ3) is 2.32. The van der Waals surface area contributed by atoms with Crippen LogP contribution in [0, 0.1) is 11.8 Å². The van der Waals surface area contributed by atoms with Gasteiger partial charge in [-0.3, -0.25) is 9.69 Å². The van der Waals surface area contributed by atoms with Gasteiger partial charge in [0.25, 0.3) is 0 Å². The van der Waals surface area contributed by atoms with Crippen molar-refractivity contribution in [3.8, 4) is 0 Å². The Morgan fingerprint density at radius 1 is 1.19 bits per heavy atom. The van der Waals surface area contributed by atoms with E-state index in [1.165, 1.54) is 12.8 Å². The zero-order chi connectivity index (χ0) is 11.7. The molecule has 0 spiro atoms. The molecule has 0 amide bonds. The Morgan fingerprint density at radius 2 is 1.94 bits per heavy atom. The first kappa shape index (κ1) is 12.1. The van der Waals surface area contributed by atoms with E-state index in [1.807, 2.05) is 0 Å². The lowest BCUT2D eigenvalue weighted by Crippen LogP contribution is -2.54. The average Bonchev–Trinajstić information content (AvgIpc) is 2.24. The Labute approximate surface area is 99.4 Å². The number of ketones is 1. The molecule has 0 bridgehead atoms. The monoisotopic (exact) mass is 223 g/mol. The summed E-state index contributed by atoms with van der Waals surface area (Å²) in [5.41, 5.74) is 0. The quantitative estimate of drug-likeness (QED) is 0.681. The molecule has 1 aliphatic heterocycles. The van der Waals surface area contributed by atoms with Gasteiger partial charge in [0.05, 0.1) is 6.04 Å². The van der Waals surface area contributed by atoms with Crippen molar-refractivity contribution in [2.24, 2.45) is 11.8 Å². The van der Waals surface area contributed by atoms with Crippen LogP contribution >= 0.6 is 0 Å². The van der Waals surface area contributed by atoms with E-state index in [2.05, 4.69) is 25.7 Å². The van der Waals surface area contributed by atoms with Crippen molar-refractivity contribution < 1.29 is 4.79 Å². The molecule has 16 heavy (non-hydrogen) atoms. The van der Waals surface area contributed by atoms with Crippen molar-refractivity contribution >= 4 is 5.78 Å². The van der Waals surface area contributed by atoms with Crippen molar-refractivity contribution in [2.75, 3.05) is 6.54 Å². The summed E-state index contributed by atoms with van der Waals surface area (Å²) < 4.78 is 0. The molecule has 0 aromatic heterocycles. The van der Waals surface area contributed by atoms with Crippen molar-refractivity contribution in [1.29, 1.82) is 0 Å². The molecule has 4 atom stereocenters. The summed E-state index contributed by atoms with van der Waals surface area (Å²) in [5, 5.41) is 0. The van der Waals surface area contributed by atoms with Gasteiger partial charge in [0.15, 0.2) is 0 Å². The second-order valence-electron chi connectivity index (χ2n) is 5.98. The van der Waals surface area contributed by atoms with Gasteiger partial charge in [0.1, 0.15) is 5.78 Å². The number of rotatable bonds is 1. The van der Waals surface area contributed by atoms with Gasteiger partial charge in [-0.25, -0.2) is 0 Å². The number of carbonyl (C=O) groups is 1.